The molecule has 2 rings (SSSR count). The zero-order chi connectivity index (χ0) is 15.2. The Bertz CT molecular complexity index is 594. The van der Waals surface area contributed by atoms with Crippen molar-refractivity contribution in [2.24, 2.45) is 7.05 Å². The largest absolute Gasteiger partial charge is 0.435 e. The van der Waals surface area contributed by atoms with Gasteiger partial charge in [-0.05, 0) is 19.8 Å². The summed E-state index contributed by atoms with van der Waals surface area (Å²) in [6.07, 6.45) is 6.39. The lowest BCUT2D eigenvalue weighted by Crippen LogP contribution is -2.09. The maximum atomic E-state index is 5.86. The van der Waals surface area contributed by atoms with Gasteiger partial charge in [0.25, 0.3) is 0 Å². The molecule has 0 aliphatic heterocycles. The Morgan fingerprint density at radius 1 is 1.24 bits per heavy atom. The number of aryl methyl sites for hydroxylation is 2. The maximum absolute atomic E-state index is 5.86. The van der Waals surface area contributed by atoms with Gasteiger partial charge < -0.3 is 10.1 Å². The fraction of sp³-hybridized carbons (Fsp3) is 0.533. The van der Waals surface area contributed by atoms with Crippen LogP contribution in [0.25, 0.3) is 0 Å². The van der Waals surface area contributed by atoms with Crippen LogP contribution in [-0.4, -0.2) is 26.3 Å². The highest BCUT2D eigenvalue weighted by Gasteiger charge is 2.13. The predicted octanol–water partition coefficient (Wildman–Crippen LogP) is 3.09. The first-order valence-corrected chi connectivity index (χ1v) is 7.41. The van der Waals surface area contributed by atoms with Crippen molar-refractivity contribution in [3.63, 3.8) is 0 Å². The quantitative estimate of drug-likeness (QED) is 0.848. The summed E-state index contributed by atoms with van der Waals surface area (Å²) in [5, 5.41) is 7.45. The van der Waals surface area contributed by atoms with E-state index in [-0.39, 0.29) is 0 Å². The lowest BCUT2D eigenvalue weighted by Gasteiger charge is -2.13. The summed E-state index contributed by atoms with van der Waals surface area (Å²) in [6, 6.07) is 0. The van der Waals surface area contributed by atoms with Gasteiger partial charge in [-0.2, -0.15) is 10.1 Å². The molecular formula is C15H23N5O. The first-order chi connectivity index (χ1) is 10.1. The van der Waals surface area contributed by atoms with Gasteiger partial charge >= 0.3 is 0 Å². The van der Waals surface area contributed by atoms with Gasteiger partial charge in [-0.1, -0.05) is 13.8 Å². The van der Waals surface area contributed by atoms with Crippen molar-refractivity contribution in [3.05, 3.63) is 23.8 Å². The Morgan fingerprint density at radius 2 is 2.05 bits per heavy atom. The van der Waals surface area contributed by atoms with Gasteiger partial charge in [0, 0.05) is 20.0 Å². The average molecular weight is 289 g/mol. The van der Waals surface area contributed by atoms with Gasteiger partial charge in [0.1, 0.15) is 11.6 Å². The van der Waals surface area contributed by atoms with Crippen LogP contribution in [0.5, 0.6) is 11.6 Å². The van der Waals surface area contributed by atoms with Crippen LogP contribution < -0.4 is 10.1 Å². The van der Waals surface area contributed by atoms with E-state index in [0.717, 1.165) is 43.0 Å². The number of hydrogen-bond acceptors (Lipinski definition) is 5. The van der Waals surface area contributed by atoms with Gasteiger partial charge in [0.2, 0.25) is 5.88 Å². The second-order valence-electron chi connectivity index (χ2n) is 5.05. The van der Waals surface area contributed by atoms with Crippen molar-refractivity contribution in [1.82, 2.24) is 19.7 Å². The minimum Gasteiger partial charge on any atom is -0.435 e. The highest BCUT2D eigenvalue weighted by atomic mass is 16.5. The zero-order valence-electron chi connectivity index (χ0n) is 13.2. The summed E-state index contributed by atoms with van der Waals surface area (Å²) < 4.78 is 7.57. The molecule has 0 unspecified atom stereocenters. The van der Waals surface area contributed by atoms with Crippen molar-refractivity contribution in [1.29, 1.82) is 0 Å². The Kier molecular flexibility index (Phi) is 5.14. The molecule has 0 bridgehead atoms. The standard InChI is InChI=1S/C15H23N5O/c1-5-7-13-18-14(16-8-6-2)11(3)15(19-13)21-12-9-17-20(4)10-12/h9-10H,5-8H2,1-4H3,(H,16,18,19). The zero-order valence-corrected chi connectivity index (χ0v) is 13.2. The van der Waals surface area contributed by atoms with Crippen molar-refractivity contribution >= 4 is 5.82 Å². The summed E-state index contributed by atoms with van der Waals surface area (Å²) >= 11 is 0. The number of ether oxygens (including phenoxy) is 1. The maximum Gasteiger partial charge on any atom is 0.227 e. The van der Waals surface area contributed by atoms with E-state index in [2.05, 4.69) is 34.2 Å². The van der Waals surface area contributed by atoms with Crippen molar-refractivity contribution in [3.8, 4) is 11.6 Å². The van der Waals surface area contributed by atoms with Gasteiger partial charge in [0.15, 0.2) is 5.75 Å². The topological polar surface area (TPSA) is 64.9 Å². The molecule has 0 radical (unpaired) electrons. The summed E-state index contributed by atoms with van der Waals surface area (Å²) in [6.45, 7) is 7.10. The summed E-state index contributed by atoms with van der Waals surface area (Å²) in [7, 11) is 1.86. The van der Waals surface area contributed by atoms with Crippen LogP contribution in [0, 0.1) is 6.92 Å². The number of nitrogens with zero attached hydrogens (tertiary/aromatic N) is 4. The molecule has 1 N–H and O–H groups in total. The van der Waals surface area contributed by atoms with E-state index in [1.807, 2.05) is 20.2 Å². The van der Waals surface area contributed by atoms with Crippen LogP contribution in [0.1, 0.15) is 38.1 Å². The highest BCUT2D eigenvalue weighted by Crippen LogP contribution is 2.27. The Labute approximate surface area is 125 Å². The van der Waals surface area contributed by atoms with E-state index >= 15 is 0 Å². The Morgan fingerprint density at radius 3 is 2.67 bits per heavy atom. The number of rotatable bonds is 7. The number of nitrogens with one attached hydrogen (secondary N) is 1. The van der Waals surface area contributed by atoms with Crippen molar-refractivity contribution in [2.75, 3.05) is 11.9 Å². The van der Waals surface area contributed by atoms with Crippen LogP contribution >= 0.6 is 0 Å². The van der Waals surface area contributed by atoms with Crippen molar-refractivity contribution in [2.45, 2.75) is 40.0 Å². The minimum atomic E-state index is 0.597. The van der Waals surface area contributed by atoms with E-state index < -0.39 is 0 Å². The monoisotopic (exact) mass is 289 g/mol. The number of hydrogen-bond donors (Lipinski definition) is 1. The minimum absolute atomic E-state index is 0.597. The molecule has 2 heterocycles. The molecule has 0 fully saturated rings. The van der Waals surface area contributed by atoms with Gasteiger partial charge in [-0.25, -0.2) is 4.98 Å². The molecule has 2 aromatic heterocycles. The Hall–Kier alpha value is -2.11. The molecular weight excluding hydrogens is 266 g/mol. The lowest BCUT2D eigenvalue weighted by atomic mass is 10.2. The third kappa shape index (κ3) is 3.93. The smallest absolute Gasteiger partial charge is 0.227 e. The molecule has 0 aliphatic rings. The molecule has 6 heteroatoms. The average Bonchev–Trinajstić information content (AvgIpc) is 2.86. The predicted molar refractivity (Wildman–Crippen MR) is 82.8 cm³/mol. The molecule has 0 saturated carbocycles. The third-order valence-corrected chi connectivity index (χ3v) is 3.06. The molecule has 0 aliphatic carbocycles. The second-order valence-corrected chi connectivity index (χ2v) is 5.05. The normalized spacial score (nSPS) is 10.7. The first-order valence-electron chi connectivity index (χ1n) is 7.41. The van der Waals surface area contributed by atoms with Crippen LogP contribution in [0.2, 0.25) is 0 Å². The van der Waals surface area contributed by atoms with E-state index in [4.69, 9.17) is 4.74 Å². The molecule has 114 valence electrons. The van der Waals surface area contributed by atoms with E-state index in [1.165, 1.54) is 0 Å². The van der Waals surface area contributed by atoms with Crippen LogP contribution in [0.3, 0.4) is 0 Å². The van der Waals surface area contributed by atoms with Gasteiger partial charge in [0.05, 0.1) is 18.0 Å². The molecule has 21 heavy (non-hydrogen) atoms. The second kappa shape index (κ2) is 7.06. The lowest BCUT2D eigenvalue weighted by molar-refractivity contribution is 0.454. The fourth-order valence-corrected chi connectivity index (χ4v) is 1.95. The molecule has 0 aromatic carbocycles. The van der Waals surface area contributed by atoms with Crippen LogP contribution in [0.15, 0.2) is 12.4 Å². The van der Waals surface area contributed by atoms with Crippen LogP contribution in [-0.2, 0) is 13.5 Å². The van der Waals surface area contributed by atoms with E-state index in [9.17, 15) is 0 Å². The Balaban J connectivity index is 2.30. The molecule has 0 saturated heterocycles. The molecule has 2 aromatic rings. The van der Waals surface area contributed by atoms with Gasteiger partial charge in [-0.3, -0.25) is 4.68 Å². The number of aromatic nitrogens is 4. The summed E-state index contributed by atoms with van der Waals surface area (Å²) in [5.74, 6) is 2.94. The molecule has 0 amide bonds. The molecule has 0 atom stereocenters. The summed E-state index contributed by atoms with van der Waals surface area (Å²) in [5.41, 5.74) is 0.923. The van der Waals surface area contributed by atoms with Crippen LogP contribution in [0.4, 0.5) is 5.82 Å². The highest BCUT2D eigenvalue weighted by molar-refractivity contribution is 5.49. The van der Waals surface area contributed by atoms with Gasteiger partial charge in [-0.15, -0.1) is 0 Å². The number of anilines is 1. The molecule has 6 nitrogen and oxygen atoms in total. The SMILES string of the molecule is CCCNc1nc(CCC)nc(Oc2cnn(C)c2)c1C. The first kappa shape index (κ1) is 15.3. The summed E-state index contributed by atoms with van der Waals surface area (Å²) in [4.78, 5) is 9.11. The van der Waals surface area contributed by atoms with E-state index in [1.54, 1.807) is 10.9 Å². The van der Waals surface area contributed by atoms with Crippen molar-refractivity contribution < 1.29 is 4.74 Å². The molecule has 0 spiro atoms. The van der Waals surface area contributed by atoms with E-state index in [0.29, 0.717) is 11.6 Å². The third-order valence-electron chi connectivity index (χ3n) is 3.06. The fourth-order valence-electron chi connectivity index (χ4n) is 1.95.